The molecule has 0 atom stereocenters. The van der Waals surface area contributed by atoms with Crippen molar-refractivity contribution in [1.82, 2.24) is 5.32 Å². The number of amides is 1. The van der Waals surface area contributed by atoms with E-state index in [0.717, 1.165) is 11.1 Å². The normalized spacial score (nSPS) is 11.4. The van der Waals surface area contributed by atoms with E-state index in [1.807, 2.05) is 24.3 Å². The van der Waals surface area contributed by atoms with E-state index >= 15 is 0 Å². The van der Waals surface area contributed by atoms with Crippen LogP contribution in [0.1, 0.15) is 24.5 Å². The largest absolute Gasteiger partial charge is 0.394 e. The summed E-state index contributed by atoms with van der Waals surface area (Å²) in [5.41, 5.74) is 6.46. The lowest BCUT2D eigenvalue weighted by Gasteiger charge is -2.29. The van der Waals surface area contributed by atoms with Crippen molar-refractivity contribution >= 4 is 5.91 Å². The molecule has 5 heteroatoms. The number of hydrogen-bond acceptors (Lipinski definition) is 4. The number of benzene rings is 1. The van der Waals surface area contributed by atoms with Gasteiger partial charge in [0.1, 0.15) is 0 Å². The molecule has 0 saturated heterocycles. The van der Waals surface area contributed by atoms with Gasteiger partial charge in [-0.2, -0.15) is 0 Å². The van der Waals surface area contributed by atoms with Gasteiger partial charge in [-0.15, -0.1) is 0 Å². The van der Waals surface area contributed by atoms with Gasteiger partial charge in [0.15, 0.2) is 0 Å². The average Bonchev–Trinajstić information content (AvgIpc) is 2.45. The number of nitrogens with two attached hydrogens (primary N) is 1. The van der Waals surface area contributed by atoms with E-state index in [9.17, 15) is 15.0 Å². The topological polar surface area (TPSA) is 95.6 Å². The quantitative estimate of drug-likeness (QED) is 0.556. The second-order valence-electron chi connectivity index (χ2n) is 4.65. The lowest BCUT2D eigenvalue weighted by molar-refractivity contribution is -0.123. The van der Waals surface area contributed by atoms with Crippen LogP contribution in [0.15, 0.2) is 24.3 Å². The molecular formula is C14H22N2O3. The molecule has 1 rings (SSSR count). The number of aliphatic hydroxyl groups is 2. The molecular weight excluding hydrogens is 244 g/mol. The molecule has 0 aliphatic heterocycles. The van der Waals surface area contributed by atoms with Crippen LogP contribution >= 0.6 is 0 Å². The van der Waals surface area contributed by atoms with Crippen molar-refractivity contribution in [2.45, 2.75) is 31.8 Å². The van der Waals surface area contributed by atoms with E-state index < -0.39 is 5.54 Å². The van der Waals surface area contributed by atoms with E-state index in [0.29, 0.717) is 13.0 Å². The second kappa shape index (κ2) is 7.23. The third kappa shape index (κ3) is 4.02. The van der Waals surface area contributed by atoms with Crippen molar-refractivity contribution in [1.29, 1.82) is 0 Å². The molecule has 0 unspecified atom stereocenters. The molecule has 0 saturated carbocycles. The Balaban J connectivity index is 2.74. The molecule has 0 fully saturated rings. The smallest absolute Gasteiger partial charge is 0.225 e. The minimum atomic E-state index is -0.950. The van der Waals surface area contributed by atoms with Crippen molar-refractivity contribution < 1.29 is 15.0 Å². The van der Waals surface area contributed by atoms with Crippen LogP contribution in [-0.2, 0) is 17.8 Å². The predicted octanol–water partition coefficient (Wildman–Crippen LogP) is -0.0626. The van der Waals surface area contributed by atoms with Crippen LogP contribution in [0.2, 0.25) is 0 Å². The molecule has 5 nitrogen and oxygen atoms in total. The predicted molar refractivity (Wildman–Crippen MR) is 73.4 cm³/mol. The van der Waals surface area contributed by atoms with E-state index in [1.165, 1.54) is 0 Å². The minimum absolute atomic E-state index is 0.190. The fourth-order valence-corrected chi connectivity index (χ4v) is 1.88. The van der Waals surface area contributed by atoms with Crippen molar-refractivity contribution in [2.24, 2.45) is 5.73 Å². The Bertz CT molecular complexity index is 409. The number of carbonyl (C=O) groups is 1. The van der Waals surface area contributed by atoms with Gasteiger partial charge >= 0.3 is 0 Å². The molecule has 0 aliphatic carbocycles. The summed E-state index contributed by atoms with van der Waals surface area (Å²) in [6, 6.07) is 7.47. The van der Waals surface area contributed by atoms with Gasteiger partial charge in [-0.25, -0.2) is 0 Å². The first-order valence-corrected chi connectivity index (χ1v) is 6.40. The highest BCUT2D eigenvalue weighted by molar-refractivity contribution is 5.79. The maximum Gasteiger partial charge on any atom is 0.225 e. The average molecular weight is 266 g/mol. The van der Waals surface area contributed by atoms with E-state index in [4.69, 9.17) is 5.73 Å². The minimum Gasteiger partial charge on any atom is -0.394 e. The molecule has 19 heavy (non-hydrogen) atoms. The van der Waals surface area contributed by atoms with Crippen LogP contribution in [0.5, 0.6) is 0 Å². The van der Waals surface area contributed by atoms with Crippen molar-refractivity contribution in [3.05, 3.63) is 35.4 Å². The summed E-state index contributed by atoms with van der Waals surface area (Å²) in [4.78, 5) is 12.0. The molecule has 1 aromatic carbocycles. The maximum absolute atomic E-state index is 12.0. The fourth-order valence-electron chi connectivity index (χ4n) is 1.88. The van der Waals surface area contributed by atoms with Gasteiger partial charge in [0.05, 0.1) is 25.2 Å². The fraction of sp³-hybridized carbons (Fsp3) is 0.500. The first-order chi connectivity index (χ1) is 9.10. The Morgan fingerprint density at radius 2 is 1.84 bits per heavy atom. The molecule has 1 aromatic rings. The summed E-state index contributed by atoms with van der Waals surface area (Å²) < 4.78 is 0. The van der Waals surface area contributed by atoms with Gasteiger partial charge in [-0.1, -0.05) is 31.2 Å². The first-order valence-electron chi connectivity index (χ1n) is 6.40. The summed E-state index contributed by atoms with van der Waals surface area (Å²) >= 11 is 0. The molecule has 0 bridgehead atoms. The Hall–Kier alpha value is -1.43. The molecule has 0 heterocycles. The van der Waals surface area contributed by atoms with Gasteiger partial charge < -0.3 is 21.3 Å². The van der Waals surface area contributed by atoms with Crippen LogP contribution in [0, 0.1) is 0 Å². The third-order valence-corrected chi connectivity index (χ3v) is 3.38. The highest BCUT2D eigenvalue weighted by Gasteiger charge is 2.28. The van der Waals surface area contributed by atoms with E-state index in [-0.39, 0.29) is 25.5 Å². The zero-order chi connectivity index (χ0) is 14.3. The number of hydrogen-bond donors (Lipinski definition) is 4. The molecule has 0 aliphatic rings. The van der Waals surface area contributed by atoms with E-state index in [1.54, 1.807) is 6.92 Å². The van der Waals surface area contributed by atoms with Gasteiger partial charge in [0, 0.05) is 6.54 Å². The second-order valence-corrected chi connectivity index (χ2v) is 4.65. The highest BCUT2D eigenvalue weighted by Crippen LogP contribution is 2.12. The number of rotatable bonds is 7. The lowest BCUT2D eigenvalue weighted by Crippen LogP contribution is -2.54. The van der Waals surface area contributed by atoms with Crippen LogP contribution in [-0.4, -0.2) is 34.9 Å². The van der Waals surface area contributed by atoms with Gasteiger partial charge in [0.2, 0.25) is 5.91 Å². The van der Waals surface area contributed by atoms with Crippen LogP contribution in [0.4, 0.5) is 0 Å². The molecule has 0 radical (unpaired) electrons. The number of carbonyl (C=O) groups excluding carboxylic acids is 1. The van der Waals surface area contributed by atoms with Gasteiger partial charge in [-0.05, 0) is 17.5 Å². The zero-order valence-electron chi connectivity index (χ0n) is 11.2. The standard InChI is InChI=1S/C14H22N2O3/c1-2-14(9-17,10-18)16-13(19)7-11-5-3-4-6-12(11)8-15/h3-6,17-18H,2,7-10,15H2,1H3,(H,16,19). The number of nitrogens with one attached hydrogen (secondary N) is 1. The monoisotopic (exact) mass is 266 g/mol. The van der Waals surface area contributed by atoms with Crippen LogP contribution in [0.3, 0.4) is 0 Å². The third-order valence-electron chi connectivity index (χ3n) is 3.38. The van der Waals surface area contributed by atoms with Crippen molar-refractivity contribution in [2.75, 3.05) is 13.2 Å². The van der Waals surface area contributed by atoms with E-state index in [2.05, 4.69) is 5.32 Å². The SMILES string of the molecule is CCC(CO)(CO)NC(=O)Cc1ccccc1CN. The highest BCUT2D eigenvalue weighted by atomic mass is 16.3. The van der Waals surface area contributed by atoms with Crippen LogP contribution < -0.4 is 11.1 Å². The Morgan fingerprint density at radius 1 is 1.26 bits per heavy atom. The Labute approximate surface area is 113 Å². The Morgan fingerprint density at radius 3 is 2.32 bits per heavy atom. The molecule has 0 spiro atoms. The van der Waals surface area contributed by atoms with Gasteiger partial charge in [-0.3, -0.25) is 4.79 Å². The zero-order valence-corrected chi connectivity index (χ0v) is 11.2. The summed E-state index contributed by atoms with van der Waals surface area (Å²) in [6.45, 7) is 1.61. The molecule has 5 N–H and O–H groups in total. The Kier molecular flexibility index (Phi) is 5.95. The molecule has 1 amide bonds. The van der Waals surface area contributed by atoms with Crippen molar-refractivity contribution in [3.63, 3.8) is 0 Å². The maximum atomic E-state index is 12.0. The van der Waals surface area contributed by atoms with Crippen LogP contribution in [0.25, 0.3) is 0 Å². The molecule has 106 valence electrons. The summed E-state index contributed by atoms with van der Waals surface area (Å²) in [5.74, 6) is -0.231. The number of aliphatic hydroxyl groups excluding tert-OH is 2. The summed E-state index contributed by atoms with van der Waals surface area (Å²) in [5, 5.41) is 21.3. The van der Waals surface area contributed by atoms with Crippen molar-refractivity contribution in [3.8, 4) is 0 Å². The molecule has 0 aromatic heterocycles. The first kappa shape index (κ1) is 15.6. The summed E-state index contributed by atoms with van der Waals surface area (Å²) in [7, 11) is 0. The van der Waals surface area contributed by atoms with Gasteiger partial charge in [0.25, 0.3) is 0 Å². The summed E-state index contributed by atoms with van der Waals surface area (Å²) in [6.07, 6.45) is 0.652. The lowest BCUT2D eigenvalue weighted by atomic mass is 9.97.